The molecule has 2 rings (SSSR count). The lowest BCUT2D eigenvalue weighted by Crippen LogP contribution is -2.36. The SMILES string of the molecule is Cc1cccc(C#N)c1N(CCO)C1CCCC1. The van der Waals surface area contributed by atoms with E-state index >= 15 is 0 Å². The summed E-state index contributed by atoms with van der Waals surface area (Å²) in [6.45, 7) is 2.79. The molecule has 1 aliphatic rings. The first-order valence-corrected chi connectivity index (χ1v) is 6.65. The van der Waals surface area contributed by atoms with Crippen molar-refractivity contribution >= 4 is 5.69 Å². The predicted octanol–water partition coefficient (Wildman–Crippen LogP) is 2.61. The van der Waals surface area contributed by atoms with E-state index < -0.39 is 0 Å². The minimum absolute atomic E-state index is 0.135. The summed E-state index contributed by atoms with van der Waals surface area (Å²) >= 11 is 0. The fraction of sp³-hybridized carbons (Fsp3) is 0.533. The first-order valence-electron chi connectivity index (χ1n) is 6.65. The Morgan fingerprint density at radius 3 is 2.72 bits per heavy atom. The van der Waals surface area contributed by atoms with Crippen LogP contribution in [0.4, 0.5) is 5.69 Å². The van der Waals surface area contributed by atoms with Crippen LogP contribution in [0.5, 0.6) is 0 Å². The average molecular weight is 244 g/mol. The van der Waals surface area contributed by atoms with Crippen molar-refractivity contribution in [1.29, 1.82) is 5.26 Å². The minimum atomic E-state index is 0.135. The van der Waals surface area contributed by atoms with Crippen LogP contribution >= 0.6 is 0 Å². The Balaban J connectivity index is 2.38. The molecule has 0 spiro atoms. The largest absolute Gasteiger partial charge is 0.395 e. The number of aliphatic hydroxyl groups is 1. The molecule has 0 radical (unpaired) electrons. The summed E-state index contributed by atoms with van der Waals surface area (Å²) in [6.07, 6.45) is 4.83. The van der Waals surface area contributed by atoms with E-state index in [1.165, 1.54) is 25.7 Å². The van der Waals surface area contributed by atoms with Crippen molar-refractivity contribution in [2.45, 2.75) is 38.6 Å². The molecule has 1 aliphatic carbocycles. The van der Waals surface area contributed by atoms with E-state index in [1.54, 1.807) is 0 Å². The third kappa shape index (κ3) is 2.49. The van der Waals surface area contributed by atoms with E-state index in [2.05, 4.69) is 11.0 Å². The van der Waals surface area contributed by atoms with Gasteiger partial charge in [0.25, 0.3) is 0 Å². The van der Waals surface area contributed by atoms with Gasteiger partial charge in [0, 0.05) is 12.6 Å². The number of benzene rings is 1. The number of para-hydroxylation sites is 1. The van der Waals surface area contributed by atoms with Gasteiger partial charge in [0.05, 0.1) is 17.9 Å². The van der Waals surface area contributed by atoms with E-state index in [1.807, 2.05) is 25.1 Å². The first-order chi connectivity index (χ1) is 8.77. The minimum Gasteiger partial charge on any atom is -0.395 e. The number of aryl methyl sites for hydroxylation is 1. The van der Waals surface area contributed by atoms with Gasteiger partial charge in [-0.1, -0.05) is 25.0 Å². The molecule has 96 valence electrons. The normalized spacial score (nSPS) is 15.6. The molecule has 3 heteroatoms. The van der Waals surface area contributed by atoms with Crippen molar-refractivity contribution in [3.63, 3.8) is 0 Å². The van der Waals surface area contributed by atoms with E-state index in [9.17, 15) is 10.4 Å². The van der Waals surface area contributed by atoms with Gasteiger partial charge in [-0.3, -0.25) is 0 Å². The predicted molar refractivity (Wildman–Crippen MR) is 72.6 cm³/mol. The van der Waals surface area contributed by atoms with Crippen molar-refractivity contribution in [2.24, 2.45) is 0 Å². The Bertz CT molecular complexity index is 444. The Morgan fingerprint density at radius 2 is 2.11 bits per heavy atom. The molecule has 0 amide bonds. The topological polar surface area (TPSA) is 47.3 Å². The van der Waals surface area contributed by atoms with Crippen LogP contribution in [0.2, 0.25) is 0 Å². The van der Waals surface area contributed by atoms with Gasteiger partial charge in [-0.25, -0.2) is 0 Å². The third-order valence-corrected chi connectivity index (χ3v) is 3.75. The van der Waals surface area contributed by atoms with E-state index in [-0.39, 0.29) is 6.61 Å². The highest BCUT2D eigenvalue weighted by Gasteiger charge is 2.25. The molecule has 1 aromatic carbocycles. The first kappa shape index (κ1) is 12.9. The number of hydrogen-bond donors (Lipinski definition) is 1. The molecule has 0 aliphatic heterocycles. The van der Waals surface area contributed by atoms with Crippen LogP contribution in [-0.4, -0.2) is 24.3 Å². The Kier molecular flexibility index (Phi) is 4.22. The molecule has 3 nitrogen and oxygen atoms in total. The van der Waals surface area contributed by atoms with Gasteiger partial charge in [-0.2, -0.15) is 5.26 Å². The second-order valence-corrected chi connectivity index (χ2v) is 4.94. The second-order valence-electron chi connectivity index (χ2n) is 4.94. The van der Waals surface area contributed by atoms with Gasteiger partial charge in [0.1, 0.15) is 6.07 Å². The zero-order chi connectivity index (χ0) is 13.0. The monoisotopic (exact) mass is 244 g/mol. The Labute approximate surface area is 109 Å². The molecular weight excluding hydrogens is 224 g/mol. The molecule has 0 atom stereocenters. The molecule has 0 bridgehead atoms. The third-order valence-electron chi connectivity index (χ3n) is 3.75. The maximum atomic E-state index is 9.29. The Hall–Kier alpha value is -1.53. The van der Waals surface area contributed by atoms with Crippen molar-refractivity contribution in [3.05, 3.63) is 29.3 Å². The highest BCUT2D eigenvalue weighted by molar-refractivity contribution is 5.64. The van der Waals surface area contributed by atoms with Crippen LogP contribution in [-0.2, 0) is 0 Å². The lowest BCUT2D eigenvalue weighted by Gasteiger charge is -2.32. The molecule has 0 aromatic heterocycles. The van der Waals surface area contributed by atoms with Gasteiger partial charge in [0.2, 0.25) is 0 Å². The highest BCUT2D eigenvalue weighted by Crippen LogP contribution is 2.32. The number of anilines is 1. The molecule has 1 aromatic rings. The van der Waals surface area contributed by atoms with Crippen molar-refractivity contribution < 1.29 is 5.11 Å². The molecule has 0 saturated heterocycles. The zero-order valence-electron chi connectivity index (χ0n) is 10.9. The number of rotatable bonds is 4. The van der Waals surface area contributed by atoms with Gasteiger partial charge >= 0.3 is 0 Å². The smallest absolute Gasteiger partial charge is 0.101 e. The highest BCUT2D eigenvalue weighted by atomic mass is 16.3. The van der Waals surface area contributed by atoms with Crippen LogP contribution in [0, 0.1) is 18.3 Å². The average Bonchev–Trinajstić information content (AvgIpc) is 2.90. The molecule has 1 N–H and O–H groups in total. The van der Waals surface area contributed by atoms with Gasteiger partial charge in [-0.05, 0) is 31.4 Å². The summed E-state index contributed by atoms with van der Waals surface area (Å²) < 4.78 is 0. The van der Waals surface area contributed by atoms with Crippen LogP contribution in [0.15, 0.2) is 18.2 Å². The maximum absolute atomic E-state index is 9.29. The van der Waals surface area contributed by atoms with Crippen LogP contribution in [0.3, 0.4) is 0 Å². The summed E-state index contributed by atoms with van der Waals surface area (Å²) in [4.78, 5) is 2.24. The van der Waals surface area contributed by atoms with Crippen LogP contribution < -0.4 is 4.90 Å². The molecule has 1 saturated carbocycles. The van der Waals surface area contributed by atoms with Crippen molar-refractivity contribution in [2.75, 3.05) is 18.1 Å². The molecule has 0 unspecified atom stereocenters. The summed E-state index contributed by atoms with van der Waals surface area (Å²) in [7, 11) is 0. The number of aliphatic hydroxyl groups excluding tert-OH is 1. The van der Waals surface area contributed by atoms with Gasteiger partial charge in [-0.15, -0.1) is 0 Å². The molecular formula is C15H20N2O. The fourth-order valence-corrected chi connectivity index (χ4v) is 2.93. The summed E-state index contributed by atoms with van der Waals surface area (Å²) in [6, 6.07) is 8.57. The summed E-state index contributed by atoms with van der Waals surface area (Å²) in [5.41, 5.74) is 2.85. The van der Waals surface area contributed by atoms with E-state index in [0.29, 0.717) is 12.6 Å². The van der Waals surface area contributed by atoms with Gasteiger partial charge < -0.3 is 10.0 Å². The van der Waals surface area contributed by atoms with Crippen LogP contribution in [0.25, 0.3) is 0 Å². The quantitative estimate of drug-likeness (QED) is 0.885. The Morgan fingerprint density at radius 1 is 1.39 bits per heavy atom. The standard InChI is InChI=1S/C15H20N2O/c1-12-5-4-6-13(11-16)15(12)17(9-10-18)14-7-2-3-8-14/h4-6,14,18H,2-3,7-10H2,1H3. The lowest BCUT2D eigenvalue weighted by atomic mass is 10.0. The van der Waals surface area contributed by atoms with Crippen molar-refractivity contribution in [1.82, 2.24) is 0 Å². The maximum Gasteiger partial charge on any atom is 0.101 e. The van der Waals surface area contributed by atoms with Crippen LogP contribution in [0.1, 0.15) is 36.8 Å². The molecule has 1 fully saturated rings. The number of hydrogen-bond acceptors (Lipinski definition) is 3. The lowest BCUT2D eigenvalue weighted by molar-refractivity contribution is 0.297. The summed E-state index contributed by atoms with van der Waals surface area (Å²) in [5, 5.41) is 18.6. The summed E-state index contributed by atoms with van der Waals surface area (Å²) in [5.74, 6) is 0. The molecule has 0 heterocycles. The van der Waals surface area contributed by atoms with Gasteiger partial charge in [0.15, 0.2) is 0 Å². The zero-order valence-corrected chi connectivity index (χ0v) is 10.9. The molecule has 18 heavy (non-hydrogen) atoms. The number of nitrogens with zero attached hydrogens (tertiary/aromatic N) is 2. The number of nitriles is 1. The van der Waals surface area contributed by atoms with E-state index in [0.717, 1.165) is 16.8 Å². The fourth-order valence-electron chi connectivity index (χ4n) is 2.93. The second kappa shape index (κ2) is 5.88. The van der Waals surface area contributed by atoms with E-state index in [4.69, 9.17) is 0 Å². The van der Waals surface area contributed by atoms with Crippen molar-refractivity contribution in [3.8, 4) is 6.07 Å².